The second-order valence-electron chi connectivity index (χ2n) is 6.97. The van der Waals surface area contributed by atoms with Crippen molar-refractivity contribution in [2.45, 2.75) is 32.7 Å². The highest BCUT2D eigenvalue weighted by atomic mass is 16.5. The normalized spacial score (nSPS) is 14.9. The fourth-order valence-corrected chi connectivity index (χ4v) is 3.76. The third-order valence-electron chi connectivity index (χ3n) is 5.19. The van der Waals surface area contributed by atoms with Gasteiger partial charge in [-0.25, -0.2) is 9.97 Å². The van der Waals surface area contributed by atoms with Gasteiger partial charge >= 0.3 is 0 Å². The van der Waals surface area contributed by atoms with Crippen molar-refractivity contribution in [1.29, 1.82) is 0 Å². The van der Waals surface area contributed by atoms with E-state index in [0.717, 1.165) is 47.1 Å². The second-order valence-corrected chi connectivity index (χ2v) is 6.97. The summed E-state index contributed by atoms with van der Waals surface area (Å²) in [6.45, 7) is 5.52. The molecule has 2 aromatic heterocycles. The molecule has 0 bridgehead atoms. The Kier molecular flexibility index (Phi) is 4.94. The lowest BCUT2D eigenvalue weighted by Crippen LogP contribution is -2.40. The van der Waals surface area contributed by atoms with E-state index in [1.54, 1.807) is 0 Å². The molecule has 0 radical (unpaired) electrons. The van der Waals surface area contributed by atoms with E-state index in [2.05, 4.69) is 20.6 Å². The topological polar surface area (TPSA) is 86.3 Å². The van der Waals surface area contributed by atoms with E-state index in [9.17, 15) is 4.79 Å². The van der Waals surface area contributed by atoms with Crippen molar-refractivity contribution in [2.24, 2.45) is 0 Å². The molecule has 0 saturated carbocycles. The molecule has 7 heteroatoms. The van der Waals surface area contributed by atoms with Crippen LogP contribution in [0.25, 0.3) is 21.9 Å². The molecule has 3 heterocycles. The van der Waals surface area contributed by atoms with Gasteiger partial charge in [0.05, 0.1) is 24.2 Å². The molecule has 0 atom stereocenters. The quantitative estimate of drug-likeness (QED) is 0.700. The predicted octanol–water partition coefficient (Wildman–Crippen LogP) is 2.50. The summed E-state index contributed by atoms with van der Waals surface area (Å²) in [6.07, 6.45) is 2.35. The first-order valence-electron chi connectivity index (χ1n) is 9.51. The van der Waals surface area contributed by atoms with Gasteiger partial charge in [0.15, 0.2) is 5.82 Å². The molecule has 27 heavy (non-hydrogen) atoms. The maximum atomic E-state index is 12.3. The number of imidazole rings is 1. The number of pyridine rings is 1. The number of morpholine rings is 1. The van der Waals surface area contributed by atoms with Gasteiger partial charge in [-0.1, -0.05) is 18.2 Å². The Morgan fingerprint density at radius 1 is 1.19 bits per heavy atom. The van der Waals surface area contributed by atoms with Gasteiger partial charge in [-0.15, -0.1) is 0 Å². The smallest absolute Gasteiger partial charge is 0.222 e. The molecule has 1 fully saturated rings. The molecule has 142 valence electrons. The zero-order valence-corrected chi connectivity index (χ0v) is 15.6. The first-order valence-corrected chi connectivity index (χ1v) is 9.51. The number of para-hydroxylation sites is 1. The number of rotatable bonds is 5. The molecule has 1 saturated heterocycles. The fraction of sp³-hybridized carbons (Fsp3) is 0.450. The summed E-state index contributed by atoms with van der Waals surface area (Å²) in [5.41, 5.74) is 8.81. The molecule has 0 unspecified atom stereocenters. The highest BCUT2D eigenvalue weighted by molar-refractivity contribution is 6.06. The first-order chi connectivity index (χ1) is 13.1. The SMILES string of the molecule is Cc1nc2c(N)nc3ccccc3c2n1CCCCC(=O)N1CCOCC1. The Hall–Kier alpha value is -2.67. The average Bonchev–Trinajstić information content (AvgIpc) is 3.03. The summed E-state index contributed by atoms with van der Waals surface area (Å²) in [4.78, 5) is 23.3. The van der Waals surface area contributed by atoms with Crippen LogP contribution in [0.4, 0.5) is 5.82 Å². The predicted molar refractivity (Wildman–Crippen MR) is 105 cm³/mol. The van der Waals surface area contributed by atoms with E-state index >= 15 is 0 Å². The second kappa shape index (κ2) is 7.52. The van der Waals surface area contributed by atoms with Crippen LogP contribution >= 0.6 is 0 Å². The van der Waals surface area contributed by atoms with E-state index < -0.39 is 0 Å². The van der Waals surface area contributed by atoms with E-state index in [1.807, 2.05) is 30.0 Å². The number of hydrogen-bond donors (Lipinski definition) is 1. The van der Waals surface area contributed by atoms with Gasteiger partial charge in [0.1, 0.15) is 11.3 Å². The standard InChI is InChI=1S/C20H25N5O2/c1-14-22-18-19(15-6-2-3-7-16(15)23-20(18)21)25(14)9-5-4-8-17(26)24-10-12-27-13-11-24/h2-3,6-7H,4-5,8-13H2,1H3,(H2,21,23). The number of nitrogens with two attached hydrogens (primary N) is 1. The molecule has 4 rings (SSSR count). The van der Waals surface area contributed by atoms with Gasteiger partial charge in [0, 0.05) is 31.4 Å². The van der Waals surface area contributed by atoms with Gasteiger partial charge in [-0.05, 0) is 25.8 Å². The number of amides is 1. The van der Waals surface area contributed by atoms with Crippen LogP contribution in [0.3, 0.4) is 0 Å². The number of ether oxygens (including phenoxy) is 1. The summed E-state index contributed by atoms with van der Waals surface area (Å²) < 4.78 is 7.51. The van der Waals surface area contributed by atoms with Crippen LogP contribution in [-0.2, 0) is 16.1 Å². The molecule has 1 aliphatic heterocycles. The molecule has 3 aromatic rings. The molecular formula is C20H25N5O2. The monoisotopic (exact) mass is 367 g/mol. The van der Waals surface area contributed by atoms with E-state index in [1.165, 1.54) is 0 Å². The molecule has 1 aliphatic rings. The third-order valence-corrected chi connectivity index (χ3v) is 5.19. The summed E-state index contributed by atoms with van der Waals surface area (Å²) in [7, 11) is 0. The highest BCUT2D eigenvalue weighted by Crippen LogP contribution is 2.28. The molecule has 7 nitrogen and oxygen atoms in total. The highest BCUT2D eigenvalue weighted by Gasteiger charge is 2.17. The number of nitrogens with zero attached hydrogens (tertiary/aromatic N) is 4. The van der Waals surface area contributed by atoms with Crippen molar-refractivity contribution >= 4 is 33.7 Å². The zero-order valence-electron chi connectivity index (χ0n) is 15.6. The van der Waals surface area contributed by atoms with Crippen LogP contribution in [-0.4, -0.2) is 51.6 Å². The Bertz CT molecular complexity index is 975. The van der Waals surface area contributed by atoms with Crippen LogP contribution in [0.1, 0.15) is 25.1 Å². The van der Waals surface area contributed by atoms with Crippen molar-refractivity contribution < 1.29 is 9.53 Å². The molecule has 0 spiro atoms. The lowest BCUT2D eigenvalue weighted by atomic mass is 10.1. The number of aromatic nitrogens is 3. The van der Waals surface area contributed by atoms with Gasteiger partial charge in [-0.3, -0.25) is 4.79 Å². The maximum absolute atomic E-state index is 12.3. The number of fused-ring (bicyclic) bond motifs is 3. The molecular weight excluding hydrogens is 342 g/mol. The number of benzene rings is 1. The van der Waals surface area contributed by atoms with Crippen LogP contribution in [0.5, 0.6) is 0 Å². The van der Waals surface area contributed by atoms with Gasteiger partial charge in [0.25, 0.3) is 0 Å². The van der Waals surface area contributed by atoms with Crippen molar-refractivity contribution in [3.63, 3.8) is 0 Å². The molecule has 2 N–H and O–H groups in total. The number of hydrogen-bond acceptors (Lipinski definition) is 5. The van der Waals surface area contributed by atoms with E-state index in [0.29, 0.717) is 38.5 Å². The largest absolute Gasteiger partial charge is 0.382 e. The van der Waals surface area contributed by atoms with Gasteiger partial charge in [-0.2, -0.15) is 0 Å². The van der Waals surface area contributed by atoms with Crippen molar-refractivity contribution in [3.8, 4) is 0 Å². The Balaban J connectivity index is 1.49. The summed E-state index contributed by atoms with van der Waals surface area (Å²) in [6, 6.07) is 8.00. The molecule has 1 aromatic carbocycles. The molecule has 1 amide bonds. The van der Waals surface area contributed by atoms with Crippen molar-refractivity contribution in [2.75, 3.05) is 32.0 Å². The zero-order chi connectivity index (χ0) is 18.8. The maximum Gasteiger partial charge on any atom is 0.222 e. The minimum atomic E-state index is 0.226. The Labute approximate surface area is 158 Å². The van der Waals surface area contributed by atoms with E-state index in [-0.39, 0.29) is 5.91 Å². The van der Waals surface area contributed by atoms with Crippen molar-refractivity contribution in [1.82, 2.24) is 19.4 Å². The minimum absolute atomic E-state index is 0.226. The molecule has 0 aliphatic carbocycles. The lowest BCUT2D eigenvalue weighted by molar-refractivity contribution is -0.135. The lowest BCUT2D eigenvalue weighted by Gasteiger charge is -2.26. The van der Waals surface area contributed by atoms with E-state index in [4.69, 9.17) is 10.5 Å². The summed E-state index contributed by atoms with van der Waals surface area (Å²) in [5.74, 6) is 1.62. The van der Waals surface area contributed by atoms with Gasteiger partial charge < -0.3 is 19.9 Å². The number of aryl methyl sites for hydroxylation is 2. The Morgan fingerprint density at radius 2 is 1.96 bits per heavy atom. The number of nitrogen functional groups attached to an aromatic ring is 1. The number of carbonyl (C=O) groups is 1. The minimum Gasteiger partial charge on any atom is -0.382 e. The van der Waals surface area contributed by atoms with Crippen molar-refractivity contribution in [3.05, 3.63) is 30.1 Å². The van der Waals surface area contributed by atoms with Gasteiger partial charge in [0.2, 0.25) is 5.91 Å². The number of carbonyl (C=O) groups excluding carboxylic acids is 1. The summed E-state index contributed by atoms with van der Waals surface area (Å²) in [5, 5.41) is 1.06. The number of anilines is 1. The summed E-state index contributed by atoms with van der Waals surface area (Å²) >= 11 is 0. The van der Waals surface area contributed by atoms with Crippen LogP contribution in [0.15, 0.2) is 24.3 Å². The van der Waals surface area contributed by atoms with Crippen LogP contribution < -0.4 is 5.73 Å². The third kappa shape index (κ3) is 3.47. The first kappa shape index (κ1) is 17.7. The number of unbranched alkanes of at least 4 members (excludes halogenated alkanes) is 1. The van der Waals surface area contributed by atoms with Crippen LogP contribution in [0.2, 0.25) is 0 Å². The fourth-order valence-electron chi connectivity index (χ4n) is 3.76. The van der Waals surface area contributed by atoms with Crippen LogP contribution in [0, 0.1) is 6.92 Å². The Morgan fingerprint density at radius 3 is 2.78 bits per heavy atom. The average molecular weight is 367 g/mol.